The van der Waals surface area contributed by atoms with Crippen LogP contribution in [0.25, 0.3) is 0 Å². The van der Waals surface area contributed by atoms with E-state index in [1.807, 2.05) is 0 Å². The van der Waals surface area contributed by atoms with Gasteiger partial charge in [0, 0.05) is 0 Å². The first-order valence-electron chi connectivity index (χ1n) is 13.3. The summed E-state index contributed by atoms with van der Waals surface area (Å²) >= 11 is 4.27. The lowest BCUT2D eigenvalue weighted by Gasteiger charge is -2.04. The molecule has 0 amide bonds. The molecule has 0 fully saturated rings. The van der Waals surface area contributed by atoms with Crippen LogP contribution in [-0.4, -0.2) is 5.75 Å². The molecule has 1 radical (unpaired) electrons. The van der Waals surface area contributed by atoms with Crippen molar-refractivity contribution in [3.8, 4) is 0 Å². The topological polar surface area (TPSA) is 0 Å². The van der Waals surface area contributed by atoms with Gasteiger partial charge >= 0.3 is 0 Å². The number of rotatable bonds is 25. The Bertz CT molecular complexity index is 225. The normalized spacial score (nSPS) is 11.4. The summed E-state index contributed by atoms with van der Waals surface area (Å²) in [4.78, 5) is 0. The largest absolute Gasteiger partial charge is 0.179 e. The summed E-state index contributed by atoms with van der Waals surface area (Å²) in [5.74, 6) is 1.07. The summed E-state index contributed by atoms with van der Waals surface area (Å²) < 4.78 is 0. The van der Waals surface area contributed by atoms with E-state index in [0.717, 1.165) is 12.2 Å². The molecule has 0 saturated heterocycles. The number of unbranched alkanes of at least 4 members (excludes halogenated alkanes) is 24. The van der Waals surface area contributed by atoms with Crippen molar-refractivity contribution in [3.05, 3.63) is 6.92 Å². The van der Waals surface area contributed by atoms with Gasteiger partial charge in [-0.25, -0.2) is 0 Å². The first-order valence-corrected chi connectivity index (χ1v) is 13.9. The molecular formula is C27H55S. The molecule has 0 aromatic carbocycles. The number of hydrogen-bond donors (Lipinski definition) is 1. The summed E-state index contributed by atoms with van der Waals surface area (Å²) in [6.07, 6.45) is 36.0. The van der Waals surface area contributed by atoms with Crippen LogP contribution in [0.4, 0.5) is 0 Å². The van der Waals surface area contributed by atoms with Gasteiger partial charge in [-0.2, -0.15) is 12.6 Å². The zero-order valence-electron chi connectivity index (χ0n) is 19.5. The highest BCUT2D eigenvalue weighted by Gasteiger charge is 1.96. The van der Waals surface area contributed by atoms with Crippen molar-refractivity contribution in [2.24, 2.45) is 0 Å². The molecule has 0 saturated carbocycles. The Hall–Kier alpha value is 0.350. The maximum Gasteiger partial charge on any atom is -0.00979 e. The standard InChI is InChI=1S/C27H55S/c1-2-3-4-5-6-7-8-9-10-11-12-13-14-15-16-17-18-19-20-21-22-23-24-25-26-27-28/h28H,1-27H2. The van der Waals surface area contributed by atoms with Gasteiger partial charge in [0.2, 0.25) is 0 Å². The molecule has 0 nitrogen and oxygen atoms in total. The van der Waals surface area contributed by atoms with Crippen LogP contribution in [0, 0.1) is 6.92 Å². The molecule has 169 valence electrons. The van der Waals surface area contributed by atoms with E-state index in [2.05, 4.69) is 19.6 Å². The van der Waals surface area contributed by atoms with Crippen LogP contribution in [-0.2, 0) is 0 Å². The highest BCUT2D eigenvalue weighted by molar-refractivity contribution is 7.80. The van der Waals surface area contributed by atoms with Gasteiger partial charge in [0.05, 0.1) is 0 Å². The smallest absolute Gasteiger partial charge is 0.00979 e. The average Bonchev–Trinajstić information content (AvgIpc) is 2.71. The molecule has 0 rings (SSSR count). The Balaban J connectivity index is 2.96. The van der Waals surface area contributed by atoms with Crippen molar-refractivity contribution < 1.29 is 0 Å². The lowest BCUT2D eigenvalue weighted by molar-refractivity contribution is 0.517. The molecule has 0 atom stereocenters. The van der Waals surface area contributed by atoms with Gasteiger partial charge in [-0.3, -0.25) is 0 Å². The molecule has 0 unspecified atom stereocenters. The Morgan fingerprint density at radius 3 is 0.643 bits per heavy atom. The summed E-state index contributed by atoms with van der Waals surface area (Å²) in [5.41, 5.74) is 0. The van der Waals surface area contributed by atoms with E-state index in [1.165, 1.54) is 154 Å². The minimum atomic E-state index is 1.07. The first-order chi connectivity index (χ1) is 13.9. The van der Waals surface area contributed by atoms with Crippen LogP contribution in [0.2, 0.25) is 0 Å². The van der Waals surface area contributed by atoms with Crippen LogP contribution >= 0.6 is 12.6 Å². The molecule has 28 heavy (non-hydrogen) atoms. The minimum Gasteiger partial charge on any atom is -0.179 e. The van der Waals surface area contributed by atoms with E-state index in [9.17, 15) is 0 Å². The SMILES string of the molecule is [CH2]CCCCCCCCCCCCCCCCCCCCCCCCCCS. The third-order valence-electron chi connectivity index (χ3n) is 6.16. The van der Waals surface area contributed by atoms with Crippen molar-refractivity contribution >= 4 is 12.6 Å². The second-order valence-electron chi connectivity index (χ2n) is 9.06. The van der Waals surface area contributed by atoms with Crippen LogP contribution in [0.3, 0.4) is 0 Å². The second-order valence-corrected chi connectivity index (χ2v) is 9.51. The van der Waals surface area contributed by atoms with Gasteiger partial charge in [-0.15, -0.1) is 0 Å². The number of thiol groups is 1. The van der Waals surface area contributed by atoms with Gasteiger partial charge in [-0.05, 0) is 12.2 Å². The lowest BCUT2D eigenvalue weighted by atomic mass is 10.0. The fourth-order valence-electron chi connectivity index (χ4n) is 4.18. The predicted octanol–water partition coefficient (Wildman–Crippen LogP) is 10.5. The van der Waals surface area contributed by atoms with Crippen molar-refractivity contribution in [1.82, 2.24) is 0 Å². The van der Waals surface area contributed by atoms with E-state index >= 15 is 0 Å². The zero-order chi connectivity index (χ0) is 20.4. The third kappa shape index (κ3) is 26.4. The molecule has 0 aromatic rings. The van der Waals surface area contributed by atoms with E-state index in [0.29, 0.717) is 0 Å². The Morgan fingerprint density at radius 1 is 0.286 bits per heavy atom. The van der Waals surface area contributed by atoms with Crippen LogP contribution < -0.4 is 0 Å². The lowest BCUT2D eigenvalue weighted by Crippen LogP contribution is -1.84. The van der Waals surface area contributed by atoms with Gasteiger partial charge in [0.1, 0.15) is 0 Å². The first kappa shape index (κ1) is 28.4. The van der Waals surface area contributed by atoms with E-state index in [4.69, 9.17) is 0 Å². The Labute approximate surface area is 185 Å². The average molecular weight is 412 g/mol. The Morgan fingerprint density at radius 2 is 0.464 bits per heavy atom. The summed E-state index contributed by atoms with van der Waals surface area (Å²) in [5, 5.41) is 0. The van der Waals surface area contributed by atoms with Crippen LogP contribution in [0.1, 0.15) is 161 Å². The molecule has 0 aliphatic rings. The Kier molecular flexibility index (Phi) is 27.7. The number of hydrogen-bond acceptors (Lipinski definition) is 1. The van der Waals surface area contributed by atoms with Crippen molar-refractivity contribution in [1.29, 1.82) is 0 Å². The fraction of sp³-hybridized carbons (Fsp3) is 0.963. The molecule has 0 aliphatic carbocycles. The summed E-state index contributed by atoms with van der Waals surface area (Å²) in [7, 11) is 0. The summed E-state index contributed by atoms with van der Waals surface area (Å²) in [6.45, 7) is 3.91. The van der Waals surface area contributed by atoms with Gasteiger partial charge in [0.25, 0.3) is 0 Å². The van der Waals surface area contributed by atoms with Crippen molar-refractivity contribution in [2.45, 2.75) is 161 Å². The molecule has 1 heteroatoms. The van der Waals surface area contributed by atoms with E-state index in [1.54, 1.807) is 0 Å². The van der Waals surface area contributed by atoms with Gasteiger partial charge < -0.3 is 0 Å². The molecule has 0 heterocycles. The molecule has 0 spiro atoms. The maximum absolute atomic E-state index is 4.27. The molecule has 0 aromatic heterocycles. The van der Waals surface area contributed by atoms with Gasteiger partial charge in [-0.1, -0.05) is 161 Å². The van der Waals surface area contributed by atoms with E-state index in [-0.39, 0.29) is 0 Å². The van der Waals surface area contributed by atoms with Crippen LogP contribution in [0.15, 0.2) is 0 Å². The zero-order valence-corrected chi connectivity index (χ0v) is 20.4. The monoisotopic (exact) mass is 411 g/mol. The molecule has 0 N–H and O–H groups in total. The summed E-state index contributed by atoms with van der Waals surface area (Å²) in [6, 6.07) is 0. The molecular weight excluding hydrogens is 356 g/mol. The van der Waals surface area contributed by atoms with Crippen molar-refractivity contribution in [3.63, 3.8) is 0 Å². The second kappa shape index (κ2) is 27.4. The highest BCUT2D eigenvalue weighted by Crippen LogP contribution is 2.15. The highest BCUT2D eigenvalue weighted by atomic mass is 32.1. The third-order valence-corrected chi connectivity index (χ3v) is 6.47. The van der Waals surface area contributed by atoms with E-state index < -0.39 is 0 Å². The van der Waals surface area contributed by atoms with Crippen molar-refractivity contribution in [2.75, 3.05) is 5.75 Å². The quantitative estimate of drug-likeness (QED) is 0.112. The molecule has 0 aliphatic heterocycles. The predicted molar refractivity (Wildman–Crippen MR) is 135 cm³/mol. The maximum atomic E-state index is 4.27. The van der Waals surface area contributed by atoms with Gasteiger partial charge in [0.15, 0.2) is 0 Å². The minimum absolute atomic E-state index is 1.07. The fourth-order valence-corrected chi connectivity index (χ4v) is 4.40. The molecule has 0 bridgehead atoms. The van der Waals surface area contributed by atoms with Crippen LogP contribution in [0.5, 0.6) is 0 Å².